The Morgan fingerprint density at radius 3 is 2.81 bits per heavy atom. The number of amides is 1. The number of piperidine rings is 1. The van der Waals surface area contributed by atoms with Gasteiger partial charge in [0, 0.05) is 48.9 Å². The van der Waals surface area contributed by atoms with Gasteiger partial charge in [0.2, 0.25) is 5.91 Å². The van der Waals surface area contributed by atoms with Crippen LogP contribution in [0.3, 0.4) is 0 Å². The van der Waals surface area contributed by atoms with Crippen LogP contribution in [0.4, 0.5) is 14.5 Å². The molecule has 1 aliphatic rings. The smallest absolute Gasteiger partial charge is 0.387 e. The van der Waals surface area contributed by atoms with Crippen molar-refractivity contribution in [2.45, 2.75) is 38.5 Å². The zero-order valence-electron chi connectivity index (χ0n) is 17.6. The molecule has 0 radical (unpaired) electrons. The molecule has 1 aromatic heterocycles. The van der Waals surface area contributed by atoms with Crippen molar-refractivity contribution in [2.75, 3.05) is 26.7 Å². The van der Waals surface area contributed by atoms with E-state index in [-0.39, 0.29) is 40.2 Å². The highest BCUT2D eigenvalue weighted by atomic mass is 35.5. The number of alkyl halides is 2. The molecule has 1 aromatic carbocycles. The van der Waals surface area contributed by atoms with Crippen molar-refractivity contribution < 1.29 is 18.3 Å². The van der Waals surface area contributed by atoms with Gasteiger partial charge in [0.15, 0.2) is 0 Å². The van der Waals surface area contributed by atoms with Crippen LogP contribution in [0.15, 0.2) is 24.4 Å². The van der Waals surface area contributed by atoms with Crippen LogP contribution in [0.25, 0.3) is 17.0 Å². The number of ether oxygens (including phenoxy) is 1. The molecule has 1 saturated heterocycles. The van der Waals surface area contributed by atoms with Crippen LogP contribution in [0.5, 0.6) is 5.75 Å². The Balaban J connectivity index is 1.66. The molecule has 2 aromatic rings. The van der Waals surface area contributed by atoms with Gasteiger partial charge in [-0.1, -0.05) is 17.3 Å². The average molecular weight is 466 g/mol. The molecule has 1 fully saturated rings. The minimum Gasteiger partial charge on any atom is -0.696 e. The van der Waals surface area contributed by atoms with Gasteiger partial charge >= 0.3 is 6.61 Å². The maximum atomic E-state index is 12.7. The number of benzene rings is 1. The molecule has 1 aliphatic heterocycles. The van der Waals surface area contributed by atoms with Gasteiger partial charge in [-0.05, 0) is 38.1 Å². The highest BCUT2D eigenvalue weighted by Gasteiger charge is 2.25. The zero-order chi connectivity index (χ0) is 23.3. The summed E-state index contributed by atoms with van der Waals surface area (Å²) in [5.41, 5.74) is 8.41. The Morgan fingerprint density at radius 2 is 2.16 bits per heavy atom. The molecule has 0 atom stereocenters. The highest BCUT2D eigenvalue weighted by Crippen LogP contribution is 2.37. The summed E-state index contributed by atoms with van der Waals surface area (Å²) in [6, 6.07) is 6.59. The lowest BCUT2D eigenvalue weighted by Crippen LogP contribution is -2.46. The van der Waals surface area contributed by atoms with E-state index in [2.05, 4.69) is 20.8 Å². The molecule has 0 bridgehead atoms. The second-order valence-corrected chi connectivity index (χ2v) is 8.05. The predicted octanol–water partition coefficient (Wildman–Crippen LogP) is 4.33. The fraction of sp³-hybridized carbons (Fsp3) is 0.476. The van der Waals surface area contributed by atoms with E-state index in [0.29, 0.717) is 32.1 Å². The number of nitrogens with zero attached hydrogens (tertiary/aromatic N) is 5. The van der Waals surface area contributed by atoms with Gasteiger partial charge in [0.05, 0.1) is 11.8 Å². The van der Waals surface area contributed by atoms with E-state index < -0.39 is 6.61 Å². The summed E-state index contributed by atoms with van der Waals surface area (Å²) in [5, 5.41) is 13.3. The fourth-order valence-electron chi connectivity index (χ4n) is 3.79. The number of aromatic nitrogens is 2. The third kappa shape index (κ3) is 5.87. The Bertz CT molecular complexity index is 985. The molecule has 8 nitrogen and oxygen atoms in total. The molecule has 0 spiro atoms. The van der Waals surface area contributed by atoms with E-state index in [1.54, 1.807) is 4.90 Å². The Morgan fingerprint density at radius 1 is 1.44 bits per heavy atom. The van der Waals surface area contributed by atoms with Crippen LogP contribution in [-0.2, 0) is 11.3 Å². The molecule has 11 heteroatoms. The number of nitriles is 1. The molecule has 3 rings (SSSR count). The van der Waals surface area contributed by atoms with Crippen LogP contribution in [-0.4, -0.2) is 64.8 Å². The standard InChI is InChI=1S/C21H24ClF2N6O2/c1-28(8-2-7-25)15-5-9-29(10-6-15)19(31)13-30-12-17(26)20(27-30)16-11-14(22)3-4-18(16)32-21(23)24/h3-4,11-12,15,21,26H,2,5-6,8-10,13H2,1H3/q-1. The molecule has 1 N–H and O–H groups in total. The van der Waals surface area contributed by atoms with Gasteiger partial charge in [-0.3, -0.25) is 9.48 Å². The van der Waals surface area contributed by atoms with Gasteiger partial charge in [0.1, 0.15) is 12.3 Å². The van der Waals surface area contributed by atoms with E-state index in [4.69, 9.17) is 22.6 Å². The normalized spacial score (nSPS) is 14.7. The summed E-state index contributed by atoms with van der Waals surface area (Å²) in [5.74, 6) is -0.274. The average Bonchev–Trinajstić information content (AvgIpc) is 3.12. The summed E-state index contributed by atoms with van der Waals surface area (Å²) in [6.45, 7) is -1.19. The van der Waals surface area contributed by atoms with Gasteiger partial charge in [-0.15, -0.1) is 0 Å². The van der Waals surface area contributed by atoms with Crippen molar-refractivity contribution in [3.8, 4) is 23.1 Å². The zero-order valence-corrected chi connectivity index (χ0v) is 18.4. The number of nitrogens with one attached hydrogen (secondary N) is 1. The Hall–Kier alpha value is -2.90. The first kappa shape index (κ1) is 23.8. The second-order valence-electron chi connectivity index (χ2n) is 7.61. The van der Waals surface area contributed by atoms with Crippen molar-refractivity contribution in [3.05, 3.63) is 35.2 Å². The van der Waals surface area contributed by atoms with E-state index in [1.807, 2.05) is 7.05 Å². The van der Waals surface area contributed by atoms with Crippen molar-refractivity contribution in [2.24, 2.45) is 0 Å². The summed E-state index contributed by atoms with van der Waals surface area (Å²) in [4.78, 5) is 16.7. The van der Waals surface area contributed by atoms with E-state index in [9.17, 15) is 13.6 Å². The Kier molecular flexibility index (Phi) is 7.88. The minimum atomic E-state index is -3.03. The third-order valence-corrected chi connectivity index (χ3v) is 5.72. The highest BCUT2D eigenvalue weighted by molar-refractivity contribution is 6.31. The minimum absolute atomic E-state index is 0.0305. The molecule has 2 heterocycles. The molecule has 0 unspecified atom stereocenters. The number of likely N-dealkylation sites (tertiary alicyclic amines) is 1. The first-order valence-electron chi connectivity index (χ1n) is 10.2. The van der Waals surface area contributed by atoms with Crippen LogP contribution < -0.4 is 4.74 Å². The topological polar surface area (TPSA) is 98.2 Å². The summed E-state index contributed by atoms with van der Waals surface area (Å²) >= 11 is 5.99. The van der Waals surface area contributed by atoms with Crippen molar-refractivity contribution in [1.29, 1.82) is 5.26 Å². The molecular formula is C21H24ClF2N6O2-. The molecule has 1 amide bonds. The van der Waals surface area contributed by atoms with E-state index in [0.717, 1.165) is 12.8 Å². The van der Waals surface area contributed by atoms with E-state index >= 15 is 0 Å². The number of hydrogen-bond acceptors (Lipinski definition) is 5. The monoisotopic (exact) mass is 465 g/mol. The Labute approximate surface area is 190 Å². The lowest BCUT2D eigenvalue weighted by atomic mass is 10.0. The lowest BCUT2D eigenvalue weighted by Gasteiger charge is -2.36. The molecule has 32 heavy (non-hydrogen) atoms. The van der Waals surface area contributed by atoms with Gasteiger partial charge in [-0.2, -0.15) is 19.1 Å². The summed E-state index contributed by atoms with van der Waals surface area (Å²) < 4.78 is 31.3. The van der Waals surface area contributed by atoms with Crippen LogP contribution in [0, 0.1) is 11.3 Å². The molecule has 172 valence electrons. The summed E-state index contributed by atoms with van der Waals surface area (Å²) in [7, 11) is 1.99. The summed E-state index contributed by atoms with van der Waals surface area (Å²) in [6.07, 6.45) is 3.49. The van der Waals surface area contributed by atoms with Crippen molar-refractivity contribution >= 4 is 23.2 Å². The predicted molar refractivity (Wildman–Crippen MR) is 116 cm³/mol. The number of hydrogen-bond donors (Lipinski definition) is 0. The quantitative estimate of drug-likeness (QED) is 0.578. The SMILES string of the molecule is CN(CCC#N)C1CCN(C(=O)Cn2cc([NH-])c(-c3cc(Cl)ccc3OC(F)F)n2)CC1. The third-order valence-electron chi connectivity index (χ3n) is 5.49. The van der Waals surface area contributed by atoms with Crippen LogP contribution >= 0.6 is 11.6 Å². The van der Waals surface area contributed by atoms with Crippen LogP contribution in [0.2, 0.25) is 5.02 Å². The maximum absolute atomic E-state index is 12.7. The van der Waals surface area contributed by atoms with E-state index in [1.165, 1.54) is 29.1 Å². The number of carbonyl (C=O) groups is 1. The maximum Gasteiger partial charge on any atom is 0.387 e. The lowest BCUT2D eigenvalue weighted by molar-refractivity contribution is -0.133. The van der Waals surface area contributed by atoms with Gasteiger partial charge in [-0.25, -0.2) is 0 Å². The fourth-order valence-corrected chi connectivity index (χ4v) is 3.96. The van der Waals surface area contributed by atoms with Crippen molar-refractivity contribution in [1.82, 2.24) is 19.6 Å². The molecule has 0 aliphatic carbocycles. The number of carbonyl (C=O) groups excluding carboxylic acids is 1. The molecular weight excluding hydrogens is 442 g/mol. The van der Waals surface area contributed by atoms with Crippen LogP contribution in [0.1, 0.15) is 19.3 Å². The molecule has 0 saturated carbocycles. The number of halogens is 3. The number of rotatable bonds is 8. The van der Waals surface area contributed by atoms with Gasteiger partial charge in [0.25, 0.3) is 0 Å². The van der Waals surface area contributed by atoms with Crippen molar-refractivity contribution in [3.63, 3.8) is 0 Å². The first-order chi connectivity index (χ1) is 15.3. The first-order valence-corrected chi connectivity index (χ1v) is 10.5. The second kappa shape index (κ2) is 10.6. The largest absolute Gasteiger partial charge is 0.696 e. The van der Waals surface area contributed by atoms with Gasteiger partial charge < -0.3 is 20.3 Å².